The smallest absolute Gasteiger partial charge is 0.135 e. The van der Waals surface area contributed by atoms with Gasteiger partial charge in [0.15, 0.2) is 0 Å². The minimum absolute atomic E-state index is 0.322. The molecule has 0 spiro atoms. The lowest BCUT2D eigenvalue weighted by atomic mass is 10.2. The maximum atomic E-state index is 4.61. The zero-order valence-corrected chi connectivity index (χ0v) is 13.7. The molecule has 5 nitrogen and oxygen atoms in total. The second kappa shape index (κ2) is 8.04. The Kier molecular flexibility index (Phi) is 6.71. The maximum absolute atomic E-state index is 4.61. The second-order valence-corrected chi connectivity index (χ2v) is 5.89. The van der Waals surface area contributed by atoms with Crippen LogP contribution in [0.5, 0.6) is 0 Å². The van der Waals surface area contributed by atoms with Crippen molar-refractivity contribution in [1.29, 1.82) is 0 Å². The molecule has 1 atom stereocenters. The molecule has 2 N–H and O–H groups in total. The van der Waals surface area contributed by atoms with Crippen molar-refractivity contribution in [2.24, 2.45) is 0 Å². The molecule has 1 aromatic heterocycles. The Morgan fingerprint density at radius 3 is 2.35 bits per heavy atom. The third kappa shape index (κ3) is 5.74. The molecule has 0 fully saturated rings. The first-order chi connectivity index (χ1) is 9.42. The van der Waals surface area contributed by atoms with Crippen molar-refractivity contribution in [2.75, 3.05) is 37.8 Å². The lowest BCUT2D eigenvalue weighted by Gasteiger charge is -2.20. The van der Waals surface area contributed by atoms with Gasteiger partial charge in [0.25, 0.3) is 0 Å². The van der Waals surface area contributed by atoms with Crippen LogP contribution in [0.15, 0.2) is 6.07 Å². The Morgan fingerprint density at radius 1 is 1.15 bits per heavy atom. The van der Waals surface area contributed by atoms with E-state index in [2.05, 4.69) is 67.3 Å². The quantitative estimate of drug-likeness (QED) is 0.766. The van der Waals surface area contributed by atoms with Gasteiger partial charge in [0.1, 0.15) is 17.5 Å². The Hall–Kier alpha value is -1.36. The van der Waals surface area contributed by atoms with Crippen molar-refractivity contribution in [3.05, 3.63) is 11.9 Å². The van der Waals surface area contributed by atoms with Crippen LogP contribution in [-0.4, -0.2) is 48.1 Å². The normalized spacial score (nSPS) is 12.8. The predicted octanol–water partition coefficient (Wildman–Crippen LogP) is 2.78. The van der Waals surface area contributed by atoms with Crippen LogP contribution in [0.1, 0.15) is 45.9 Å². The Bertz CT molecular complexity index is 403. The van der Waals surface area contributed by atoms with Crippen molar-refractivity contribution in [3.8, 4) is 0 Å². The van der Waals surface area contributed by atoms with Gasteiger partial charge in [-0.3, -0.25) is 0 Å². The van der Waals surface area contributed by atoms with E-state index in [1.165, 1.54) is 0 Å². The topological polar surface area (TPSA) is 53.1 Å². The molecule has 0 saturated carbocycles. The van der Waals surface area contributed by atoms with E-state index < -0.39 is 0 Å². The molecule has 5 heteroatoms. The number of nitrogens with zero attached hydrogens (tertiary/aromatic N) is 3. The molecule has 0 aliphatic carbocycles. The number of anilines is 2. The minimum atomic E-state index is 0.322. The van der Waals surface area contributed by atoms with E-state index in [9.17, 15) is 0 Å². The maximum Gasteiger partial charge on any atom is 0.135 e. The number of rotatable bonds is 8. The fraction of sp³-hybridized carbons (Fsp3) is 0.733. The van der Waals surface area contributed by atoms with E-state index in [-0.39, 0.29) is 0 Å². The van der Waals surface area contributed by atoms with Crippen LogP contribution >= 0.6 is 0 Å². The van der Waals surface area contributed by atoms with E-state index in [4.69, 9.17) is 0 Å². The van der Waals surface area contributed by atoms with Crippen molar-refractivity contribution < 1.29 is 0 Å². The average Bonchev–Trinajstić information content (AvgIpc) is 2.34. The highest BCUT2D eigenvalue weighted by molar-refractivity contribution is 5.48. The predicted molar refractivity (Wildman–Crippen MR) is 86.5 cm³/mol. The minimum Gasteiger partial charge on any atom is -0.370 e. The van der Waals surface area contributed by atoms with E-state index in [0.717, 1.165) is 37.0 Å². The Labute approximate surface area is 123 Å². The summed E-state index contributed by atoms with van der Waals surface area (Å²) in [5, 5.41) is 6.80. The summed E-state index contributed by atoms with van der Waals surface area (Å²) in [5.41, 5.74) is 0. The molecule has 0 aromatic carbocycles. The van der Waals surface area contributed by atoms with Gasteiger partial charge < -0.3 is 15.5 Å². The first kappa shape index (κ1) is 16.7. The lowest BCUT2D eigenvalue weighted by Crippen LogP contribution is -2.30. The van der Waals surface area contributed by atoms with Crippen LogP contribution in [0, 0.1) is 0 Å². The summed E-state index contributed by atoms with van der Waals surface area (Å²) in [6.07, 6.45) is 1.08. The number of nitrogens with one attached hydrogen (secondary N) is 2. The van der Waals surface area contributed by atoms with Crippen molar-refractivity contribution >= 4 is 11.6 Å². The third-order valence-electron chi connectivity index (χ3n) is 2.85. The van der Waals surface area contributed by atoms with Gasteiger partial charge in [0.05, 0.1) is 0 Å². The zero-order chi connectivity index (χ0) is 15.1. The molecule has 0 saturated heterocycles. The highest BCUT2D eigenvalue weighted by Crippen LogP contribution is 2.17. The Balaban J connectivity index is 2.85. The summed E-state index contributed by atoms with van der Waals surface area (Å²) in [7, 11) is 4.15. The van der Waals surface area contributed by atoms with E-state index in [1.807, 2.05) is 6.07 Å². The van der Waals surface area contributed by atoms with Gasteiger partial charge in [-0.15, -0.1) is 0 Å². The summed E-state index contributed by atoms with van der Waals surface area (Å²) in [6.45, 7) is 10.4. The van der Waals surface area contributed by atoms with Gasteiger partial charge in [-0.05, 0) is 27.4 Å². The molecule has 0 amide bonds. The SMILES string of the molecule is CCCNc1cc(NC(C)CN(C)C)nc(C(C)C)n1. The summed E-state index contributed by atoms with van der Waals surface area (Å²) in [5.74, 6) is 3.01. The van der Waals surface area contributed by atoms with Crippen LogP contribution in [0.3, 0.4) is 0 Å². The molecule has 1 heterocycles. The molecule has 0 aliphatic heterocycles. The van der Waals surface area contributed by atoms with Gasteiger partial charge in [0.2, 0.25) is 0 Å². The average molecular weight is 279 g/mol. The molecule has 1 rings (SSSR count). The highest BCUT2D eigenvalue weighted by Gasteiger charge is 2.10. The molecule has 0 aliphatic rings. The molecular formula is C15H29N5. The monoisotopic (exact) mass is 279 g/mol. The van der Waals surface area contributed by atoms with E-state index in [1.54, 1.807) is 0 Å². The summed E-state index contributed by atoms with van der Waals surface area (Å²) >= 11 is 0. The van der Waals surface area contributed by atoms with E-state index in [0.29, 0.717) is 12.0 Å². The fourth-order valence-corrected chi connectivity index (χ4v) is 1.99. The van der Waals surface area contributed by atoms with Gasteiger partial charge in [-0.1, -0.05) is 20.8 Å². The van der Waals surface area contributed by atoms with Crippen molar-refractivity contribution in [2.45, 2.75) is 46.1 Å². The fourth-order valence-electron chi connectivity index (χ4n) is 1.99. The molecule has 20 heavy (non-hydrogen) atoms. The molecular weight excluding hydrogens is 250 g/mol. The van der Waals surface area contributed by atoms with Gasteiger partial charge in [-0.25, -0.2) is 9.97 Å². The summed E-state index contributed by atoms with van der Waals surface area (Å²) < 4.78 is 0. The standard InChI is InChI=1S/C15H29N5/c1-7-8-16-13-9-14(17-12(4)10-20(5)6)19-15(18-13)11(2)3/h9,11-12H,7-8,10H2,1-6H3,(H2,16,17,18,19). The molecule has 1 aromatic rings. The number of hydrogen-bond acceptors (Lipinski definition) is 5. The molecule has 1 unspecified atom stereocenters. The van der Waals surface area contributed by atoms with Crippen LogP contribution in [0.25, 0.3) is 0 Å². The zero-order valence-electron chi connectivity index (χ0n) is 13.7. The Morgan fingerprint density at radius 2 is 1.80 bits per heavy atom. The molecule has 0 bridgehead atoms. The number of hydrogen-bond donors (Lipinski definition) is 2. The van der Waals surface area contributed by atoms with Gasteiger partial charge in [0, 0.05) is 31.1 Å². The highest BCUT2D eigenvalue weighted by atomic mass is 15.1. The lowest BCUT2D eigenvalue weighted by molar-refractivity contribution is 0.392. The number of likely N-dealkylation sites (N-methyl/N-ethyl adjacent to an activating group) is 1. The van der Waals surface area contributed by atoms with Crippen LogP contribution in [-0.2, 0) is 0 Å². The van der Waals surface area contributed by atoms with Crippen LogP contribution < -0.4 is 10.6 Å². The second-order valence-electron chi connectivity index (χ2n) is 5.89. The largest absolute Gasteiger partial charge is 0.370 e. The van der Waals surface area contributed by atoms with Crippen LogP contribution in [0.2, 0.25) is 0 Å². The first-order valence-electron chi connectivity index (χ1n) is 7.46. The van der Waals surface area contributed by atoms with Crippen molar-refractivity contribution in [3.63, 3.8) is 0 Å². The molecule has 0 radical (unpaired) electrons. The van der Waals surface area contributed by atoms with E-state index >= 15 is 0 Å². The van der Waals surface area contributed by atoms with Crippen molar-refractivity contribution in [1.82, 2.24) is 14.9 Å². The van der Waals surface area contributed by atoms with Gasteiger partial charge >= 0.3 is 0 Å². The number of aromatic nitrogens is 2. The summed E-state index contributed by atoms with van der Waals surface area (Å²) in [4.78, 5) is 11.3. The van der Waals surface area contributed by atoms with Crippen LogP contribution in [0.4, 0.5) is 11.6 Å². The first-order valence-corrected chi connectivity index (χ1v) is 7.46. The molecule has 114 valence electrons. The van der Waals surface area contributed by atoms with Gasteiger partial charge in [-0.2, -0.15) is 0 Å². The summed E-state index contributed by atoms with van der Waals surface area (Å²) in [6, 6.07) is 2.34. The third-order valence-corrected chi connectivity index (χ3v) is 2.85.